The third-order valence-electron chi connectivity index (χ3n) is 5.30. The number of hydrogen-bond donors (Lipinski definition) is 0. The van der Waals surface area contributed by atoms with E-state index in [2.05, 4.69) is 6.92 Å². The molecule has 2 aromatic rings. The Morgan fingerprint density at radius 3 is 2.16 bits per heavy atom. The van der Waals surface area contributed by atoms with E-state index in [9.17, 15) is 9.59 Å². The number of carbonyl (C=O) groups excluding carboxylic acids is 2. The Morgan fingerprint density at radius 2 is 1.50 bits per heavy atom. The zero-order valence-electron chi connectivity index (χ0n) is 19.5. The van der Waals surface area contributed by atoms with Gasteiger partial charge in [0, 0.05) is 5.57 Å². The van der Waals surface area contributed by atoms with Crippen molar-refractivity contribution >= 4 is 23.9 Å². The van der Waals surface area contributed by atoms with Gasteiger partial charge in [0.1, 0.15) is 5.75 Å². The van der Waals surface area contributed by atoms with Gasteiger partial charge < -0.3 is 9.47 Å². The molecule has 0 radical (unpaired) electrons. The molecule has 0 saturated carbocycles. The summed E-state index contributed by atoms with van der Waals surface area (Å²) < 4.78 is 10.9. The standard InChI is InChI=1S/C28H36O4/c1-3-5-6-7-8-9-10-11-19-32-27-17-15-23(16-18-27)20-26(22-29)24-13-12-14-25(21-24)28(30)31-4-2/h12-18,20-22H,3-11,19H2,1-2H3. The molecule has 0 fully saturated rings. The van der Waals surface area contributed by atoms with Crippen molar-refractivity contribution in [3.05, 3.63) is 65.2 Å². The predicted molar refractivity (Wildman–Crippen MR) is 131 cm³/mol. The maximum absolute atomic E-state index is 12.0. The highest BCUT2D eigenvalue weighted by atomic mass is 16.5. The van der Waals surface area contributed by atoms with E-state index in [1.807, 2.05) is 30.3 Å². The Morgan fingerprint density at radius 1 is 0.844 bits per heavy atom. The summed E-state index contributed by atoms with van der Waals surface area (Å²) in [6, 6.07) is 14.6. The molecular formula is C28H36O4. The van der Waals surface area contributed by atoms with Crippen molar-refractivity contribution in [2.75, 3.05) is 13.2 Å². The molecule has 0 aliphatic carbocycles. The molecule has 0 saturated heterocycles. The lowest BCUT2D eigenvalue weighted by Gasteiger charge is -2.07. The fourth-order valence-electron chi connectivity index (χ4n) is 3.49. The average Bonchev–Trinajstić information content (AvgIpc) is 2.82. The van der Waals surface area contributed by atoms with Crippen LogP contribution in [0.3, 0.4) is 0 Å². The molecular weight excluding hydrogens is 400 g/mol. The van der Waals surface area contributed by atoms with Crippen LogP contribution in [0.1, 0.15) is 86.7 Å². The Bertz CT molecular complexity index is 852. The molecule has 172 valence electrons. The van der Waals surface area contributed by atoms with E-state index in [0.29, 0.717) is 23.3 Å². The number of carbonyl (C=O) groups is 2. The van der Waals surface area contributed by atoms with E-state index in [0.717, 1.165) is 30.6 Å². The maximum atomic E-state index is 12.0. The van der Waals surface area contributed by atoms with Gasteiger partial charge in [-0.1, -0.05) is 76.1 Å². The summed E-state index contributed by atoms with van der Waals surface area (Å²) in [7, 11) is 0. The fourth-order valence-corrected chi connectivity index (χ4v) is 3.49. The van der Waals surface area contributed by atoms with E-state index in [1.165, 1.54) is 44.9 Å². The number of ether oxygens (including phenoxy) is 2. The van der Waals surface area contributed by atoms with Gasteiger partial charge in [0.25, 0.3) is 0 Å². The number of unbranched alkanes of at least 4 members (excludes halogenated alkanes) is 7. The van der Waals surface area contributed by atoms with Crippen molar-refractivity contribution < 1.29 is 19.1 Å². The van der Waals surface area contributed by atoms with Crippen molar-refractivity contribution in [2.24, 2.45) is 0 Å². The minimum atomic E-state index is -0.391. The normalized spacial score (nSPS) is 11.2. The molecule has 4 heteroatoms. The van der Waals surface area contributed by atoms with Crippen LogP contribution in [0, 0.1) is 0 Å². The van der Waals surface area contributed by atoms with E-state index in [-0.39, 0.29) is 0 Å². The van der Waals surface area contributed by atoms with Gasteiger partial charge in [-0.2, -0.15) is 0 Å². The van der Waals surface area contributed by atoms with Crippen LogP contribution < -0.4 is 4.74 Å². The van der Waals surface area contributed by atoms with E-state index < -0.39 is 5.97 Å². The van der Waals surface area contributed by atoms with E-state index in [4.69, 9.17) is 9.47 Å². The highest BCUT2D eigenvalue weighted by Gasteiger charge is 2.09. The van der Waals surface area contributed by atoms with Crippen molar-refractivity contribution in [1.29, 1.82) is 0 Å². The number of allylic oxidation sites excluding steroid dienone is 1. The van der Waals surface area contributed by atoms with Crippen LogP contribution in [0.4, 0.5) is 0 Å². The van der Waals surface area contributed by atoms with Crippen molar-refractivity contribution in [2.45, 2.75) is 65.2 Å². The second-order valence-corrected chi connectivity index (χ2v) is 7.91. The predicted octanol–water partition coefficient (Wildman–Crippen LogP) is 7.12. The molecule has 0 amide bonds. The minimum Gasteiger partial charge on any atom is -0.494 e. The molecule has 2 rings (SSSR count). The Labute approximate surface area is 192 Å². The topological polar surface area (TPSA) is 52.6 Å². The van der Waals surface area contributed by atoms with Gasteiger partial charge in [0.05, 0.1) is 18.8 Å². The molecule has 0 aliphatic rings. The Kier molecular flexibility index (Phi) is 11.9. The minimum absolute atomic E-state index is 0.312. The SMILES string of the molecule is CCCCCCCCCCOc1ccc(C=C(C=O)c2cccc(C(=O)OCC)c2)cc1. The lowest BCUT2D eigenvalue weighted by atomic mass is 10.0. The second kappa shape index (κ2) is 15.0. The number of benzene rings is 2. The third-order valence-corrected chi connectivity index (χ3v) is 5.30. The summed E-state index contributed by atoms with van der Waals surface area (Å²) >= 11 is 0. The van der Waals surface area contributed by atoms with Gasteiger partial charge in [-0.25, -0.2) is 4.79 Å². The number of hydrogen-bond acceptors (Lipinski definition) is 4. The van der Waals surface area contributed by atoms with Gasteiger partial charge in [0.15, 0.2) is 6.29 Å². The molecule has 0 heterocycles. The van der Waals surface area contributed by atoms with E-state index in [1.54, 1.807) is 31.2 Å². The van der Waals surface area contributed by atoms with Gasteiger partial charge in [0.2, 0.25) is 0 Å². The molecule has 0 unspecified atom stereocenters. The number of rotatable bonds is 15. The van der Waals surface area contributed by atoms with Crippen molar-refractivity contribution in [3.8, 4) is 5.75 Å². The Hall–Kier alpha value is -2.88. The first-order chi connectivity index (χ1) is 15.7. The van der Waals surface area contributed by atoms with E-state index >= 15 is 0 Å². The summed E-state index contributed by atoms with van der Waals surface area (Å²) in [4.78, 5) is 23.6. The van der Waals surface area contributed by atoms with Gasteiger partial charge in [-0.3, -0.25) is 4.79 Å². The van der Waals surface area contributed by atoms with Gasteiger partial charge >= 0.3 is 5.97 Å². The monoisotopic (exact) mass is 436 g/mol. The average molecular weight is 437 g/mol. The third kappa shape index (κ3) is 9.09. The first-order valence-corrected chi connectivity index (χ1v) is 11.8. The maximum Gasteiger partial charge on any atom is 0.338 e. The first kappa shape index (κ1) is 25.4. The molecule has 0 spiro atoms. The van der Waals surface area contributed by atoms with Crippen LogP contribution in [0.5, 0.6) is 5.75 Å². The van der Waals surface area contributed by atoms with Crippen LogP contribution in [-0.2, 0) is 9.53 Å². The largest absolute Gasteiger partial charge is 0.494 e. The van der Waals surface area contributed by atoms with Crippen LogP contribution in [0.15, 0.2) is 48.5 Å². The summed E-state index contributed by atoms with van der Waals surface area (Å²) in [5.74, 6) is 0.444. The lowest BCUT2D eigenvalue weighted by molar-refractivity contribution is -0.103. The molecule has 32 heavy (non-hydrogen) atoms. The molecule has 0 N–H and O–H groups in total. The van der Waals surface area contributed by atoms with Crippen LogP contribution in [-0.4, -0.2) is 25.5 Å². The molecule has 0 bridgehead atoms. The lowest BCUT2D eigenvalue weighted by Crippen LogP contribution is -2.04. The quantitative estimate of drug-likeness (QED) is 0.0980. The highest BCUT2D eigenvalue weighted by Crippen LogP contribution is 2.20. The summed E-state index contributed by atoms with van der Waals surface area (Å²) in [5, 5.41) is 0. The zero-order chi connectivity index (χ0) is 23.0. The molecule has 0 aromatic heterocycles. The van der Waals surface area contributed by atoms with Crippen LogP contribution >= 0.6 is 0 Å². The van der Waals surface area contributed by atoms with Crippen LogP contribution in [0.2, 0.25) is 0 Å². The fraction of sp³-hybridized carbons (Fsp3) is 0.429. The summed E-state index contributed by atoms with van der Waals surface area (Å²) in [5.41, 5.74) is 2.51. The Balaban J connectivity index is 1.85. The van der Waals surface area contributed by atoms with Gasteiger partial charge in [-0.05, 0) is 54.8 Å². The van der Waals surface area contributed by atoms with Crippen molar-refractivity contribution in [1.82, 2.24) is 0 Å². The summed E-state index contributed by atoms with van der Waals surface area (Å²) in [6.45, 7) is 5.05. The smallest absolute Gasteiger partial charge is 0.338 e. The van der Waals surface area contributed by atoms with Crippen LogP contribution in [0.25, 0.3) is 11.6 Å². The number of aldehydes is 1. The highest BCUT2D eigenvalue weighted by molar-refractivity contribution is 6.13. The molecule has 0 aliphatic heterocycles. The molecule has 0 atom stereocenters. The molecule has 2 aromatic carbocycles. The van der Waals surface area contributed by atoms with Crippen molar-refractivity contribution in [3.63, 3.8) is 0 Å². The number of esters is 1. The zero-order valence-corrected chi connectivity index (χ0v) is 19.5. The first-order valence-electron chi connectivity index (χ1n) is 11.8. The molecule has 4 nitrogen and oxygen atoms in total. The summed E-state index contributed by atoms with van der Waals surface area (Å²) in [6.07, 6.45) is 12.8. The second-order valence-electron chi connectivity index (χ2n) is 7.91. The van der Waals surface area contributed by atoms with Gasteiger partial charge in [-0.15, -0.1) is 0 Å².